The SMILES string of the molecule is CCOC(=O)CSc1nc2c(=O)c3c(sc2n1C)CCCC3. The quantitative estimate of drug-likeness (QED) is 0.633. The van der Waals surface area contributed by atoms with Crippen LogP contribution in [0, 0.1) is 0 Å². The largest absolute Gasteiger partial charge is 0.465 e. The minimum Gasteiger partial charge on any atom is -0.465 e. The Morgan fingerprint density at radius 1 is 1.41 bits per heavy atom. The fraction of sp³-hybridized carbons (Fsp3) is 0.533. The molecule has 0 N–H and O–H groups in total. The number of rotatable bonds is 4. The molecule has 0 saturated heterocycles. The highest BCUT2D eigenvalue weighted by Gasteiger charge is 2.20. The molecule has 0 bridgehead atoms. The van der Waals surface area contributed by atoms with E-state index in [1.165, 1.54) is 16.6 Å². The minimum atomic E-state index is -0.259. The molecule has 0 saturated carbocycles. The van der Waals surface area contributed by atoms with Crippen molar-refractivity contribution >= 4 is 39.4 Å². The maximum Gasteiger partial charge on any atom is 0.316 e. The second kappa shape index (κ2) is 6.42. The maximum atomic E-state index is 12.6. The topological polar surface area (TPSA) is 61.2 Å². The van der Waals surface area contributed by atoms with Gasteiger partial charge in [-0.15, -0.1) is 11.3 Å². The molecule has 22 heavy (non-hydrogen) atoms. The Kier molecular flexibility index (Phi) is 4.54. The third-order valence-electron chi connectivity index (χ3n) is 3.75. The van der Waals surface area contributed by atoms with Crippen LogP contribution >= 0.6 is 23.1 Å². The second-order valence-corrected chi connectivity index (χ2v) is 7.27. The Morgan fingerprint density at radius 2 is 2.18 bits per heavy atom. The molecule has 0 unspecified atom stereocenters. The Labute approximate surface area is 136 Å². The van der Waals surface area contributed by atoms with Gasteiger partial charge in [-0.2, -0.15) is 0 Å². The maximum absolute atomic E-state index is 12.6. The van der Waals surface area contributed by atoms with Crippen LogP contribution in [0.3, 0.4) is 0 Å². The highest BCUT2D eigenvalue weighted by molar-refractivity contribution is 7.99. The molecular formula is C15H18N2O3S2. The van der Waals surface area contributed by atoms with Gasteiger partial charge in [0, 0.05) is 17.5 Å². The number of carbonyl (C=O) groups excluding carboxylic acids is 1. The van der Waals surface area contributed by atoms with E-state index in [0.717, 1.165) is 36.1 Å². The standard InChI is InChI=1S/C15H18N2O3S2/c1-3-20-11(18)8-21-15-16-12-13(19)9-6-4-5-7-10(9)22-14(12)17(15)2/h3-8H2,1-2H3. The predicted molar refractivity (Wildman–Crippen MR) is 88.9 cm³/mol. The van der Waals surface area contributed by atoms with Crippen molar-refractivity contribution in [1.29, 1.82) is 0 Å². The number of esters is 1. The molecular weight excluding hydrogens is 320 g/mol. The lowest BCUT2D eigenvalue weighted by Gasteiger charge is -2.13. The molecule has 1 aliphatic rings. The summed E-state index contributed by atoms with van der Waals surface area (Å²) in [6.07, 6.45) is 4.08. The van der Waals surface area contributed by atoms with E-state index in [1.54, 1.807) is 18.3 Å². The molecule has 2 aromatic rings. The molecule has 0 aromatic carbocycles. The van der Waals surface area contributed by atoms with Gasteiger partial charge >= 0.3 is 5.97 Å². The van der Waals surface area contributed by atoms with Crippen molar-refractivity contribution in [1.82, 2.24) is 9.55 Å². The average Bonchev–Trinajstić information content (AvgIpc) is 2.83. The molecule has 3 rings (SSSR count). The summed E-state index contributed by atoms with van der Waals surface area (Å²) in [5.41, 5.74) is 1.56. The van der Waals surface area contributed by atoms with E-state index in [2.05, 4.69) is 4.98 Å². The van der Waals surface area contributed by atoms with Crippen LogP contribution in [0.5, 0.6) is 0 Å². The molecule has 1 aliphatic carbocycles. The van der Waals surface area contributed by atoms with Gasteiger partial charge in [0.05, 0.1) is 12.4 Å². The fourth-order valence-electron chi connectivity index (χ4n) is 2.67. The first-order chi connectivity index (χ1) is 10.6. The Balaban J connectivity index is 1.96. The minimum absolute atomic E-state index is 0.0713. The molecule has 0 amide bonds. The summed E-state index contributed by atoms with van der Waals surface area (Å²) < 4.78 is 6.84. The monoisotopic (exact) mass is 338 g/mol. The lowest BCUT2D eigenvalue weighted by molar-refractivity contribution is -0.139. The third kappa shape index (κ3) is 2.79. The van der Waals surface area contributed by atoms with Gasteiger partial charge in [0.15, 0.2) is 5.16 Å². The number of aryl methyl sites for hydroxylation is 2. The van der Waals surface area contributed by atoms with Gasteiger partial charge in [-0.1, -0.05) is 11.8 Å². The molecule has 7 heteroatoms. The van der Waals surface area contributed by atoms with E-state index in [4.69, 9.17) is 4.74 Å². The van der Waals surface area contributed by atoms with Gasteiger partial charge in [-0.3, -0.25) is 9.59 Å². The third-order valence-corrected chi connectivity index (χ3v) is 6.11. The van der Waals surface area contributed by atoms with Crippen LogP contribution in [0.2, 0.25) is 0 Å². The van der Waals surface area contributed by atoms with Crippen molar-refractivity contribution in [2.24, 2.45) is 7.05 Å². The summed E-state index contributed by atoms with van der Waals surface area (Å²) in [5.74, 6) is -0.0475. The van der Waals surface area contributed by atoms with Gasteiger partial charge < -0.3 is 9.30 Å². The molecule has 0 radical (unpaired) electrons. The van der Waals surface area contributed by atoms with E-state index in [-0.39, 0.29) is 17.2 Å². The number of imidazole rings is 1. The lowest BCUT2D eigenvalue weighted by Crippen LogP contribution is -2.15. The van der Waals surface area contributed by atoms with Gasteiger partial charge in [-0.25, -0.2) is 4.98 Å². The van der Waals surface area contributed by atoms with Crippen molar-refractivity contribution in [3.63, 3.8) is 0 Å². The summed E-state index contributed by atoms with van der Waals surface area (Å²) in [7, 11) is 1.90. The zero-order valence-corrected chi connectivity index (χ0v) is 14.3. The molecule has 0 spiro atoms. The number of hydrogen-bond donors (Lipinski definition) is 0. The number of fused-ring (bicyclic) bond motifs is 2. The number of nitrogens with zero attached hydrogens (tertiary/aromatic N) is 2. The van der Waals surface area contributed by atoms with Gasteiger partial charge in [0.2, 0.25) is 5.43 Å². The van der Waals surface area contributed by atoms with Gasteiger partial charge in [0.25, 0.3) is 0 Å². The van der Waals surface area contributed by atoms with E-state index in [1.807, 2.05) is 11.6 Å². The smallest absolute Gasteiger partial charge is 0.316 e. The fourth-order valence-corrected chi connectivity index (χ4v) is 4.76. The summed E-state index contributed by atoms with van der Waals surface area (Å²) >= 11 is 2.98. The molecule has 2 aromatic heterocycles. The van der Waals surface area contributed by atoms with E-state index in [0.29, 0.717) is 17.3 Å². The summed E-state index contributed by atoms with van der Waals surface area (Å²) in [6, 6.07) is 0. The average molecular weight is 338 g/mol. The summed E-state index contributed by atoms with van der Waals surface area (Å²) in [6.45, 7) is 2.16. The lowest BCUT2D eigenvalue weighted by atomic mass is 9.98. The van der Waals surface area contributed by atoms with E-state index in [9.17, 15) is 9.59 Å². The van der Waals surface area contributed by atoms with E-state index < -0.39 is 0 Å². The molecule has 118 valence electrons. The van der Waals surface area contributed by atoms with Crippen LogP contribution in [-0.2, 0) is 29.4 Å². The molecule has 0 aliphatic heterocycles. The molecule has 0 fully saturated rings. The number of hydrogen-bond acceptors (Lipinski definition) is 6. The van der Waals surface area contributed by atoms with Crippen molar-refractivity contribution in [3.8, 4) is 0 Å². The number of thioether (sulfide) groups is 1. The van der Waals surface area contributed by atoms with Crippen LogP contribution in [-0.4, -0.2) is 27.9 Å². The Hall–Kier alpha value is -1.34. The van der Waals surface area contributed by atoms with Gasteiger partial charge in [-0.05, 0) is 32.6 Å². The first kappa shape index (κ1) is 15.6. The highest BCUT2D eigenvalue weighted by Crippen LogP contribution is 2.30. The highest BCUT2D eigenvalue weighted by atomic mass is 32.2. The normalized spacial score (nSPS) is 14.1. The predicted octanol–water partition coefficient (Wildman–Crippen LogP) is 2.53. The van der Waals surface area contributed by atoms with Crippen molar-refractivity contribution in [3.05, 3.63) is 20.7 Å². The van der Waals surface area contributed by atoms with Crippen molar-refractivity contribution in [2.75, 3.05) is 12.4 Å². The first-order valence-corrected chi connectivity index (χ1v) is 9.21. The number of ether oxygens (including phenoxy) is 1. The van der Waals surface area contributed by atoms with Crippen LogP contribution in [0.15, 0.2) is 9.95 Å². The van der Waals surface area contributed by atoms with Gasteiger partial charge in [0.1, 0.15) is 10.3 Å². The summed E-state index contributed by atoms with van der Waals surface area (Å²) in [5, 5.41) is 0.693. The number of carbonyl (C=O) groups is 1. The summed E-state index contributed by atoms with van der Waals surface area (Å²) in [4.78, 5) is 30.7. The zero-order valence-electron chi connectivity index (χ0n) is 12.7. The van der Waals surface area contributed by atoms with Crippen LogP contribution < -0.4 is 5.43 Å². The molecule has 2 heterocycles. The van der Waals surface area contributed by atoms with Crippen LogP contribution in [0.25, 0.3) is 10.3 Å². The Morgan fingerprint density at radius 3 is 2.95 bits per heavy atom. The van der Waals surface area contributed by atoms with Crippen molar-refractivity contribution in [2.45, 2.75) is 37.8 Å². The molecule has 5 nitrogen and oxygen atoms in total. The van der Waals surface area contributed by atoms with Crippen LogP contribution in [0.4, 0.5) is 0 Å². The second-order valence-electron chi connectivity index (χ2n) is 5.24. The molecule has 0 atom stereocenters. The first-order valence-electron chi connectivity index (χ1n) is 7.41. The van der Waals surface area contributed by atoms with Crippen molar-refractivity contribution < 1.29 is 9.53 Å². The van der Waals surface area contributed by atoms with E-state index >= 15 is 0 Å². The Bertz CT molecular complexity index is 779. The number of aromatic nitrogens is 2. The zero-order chi connectivity index (χ0) is 15.7. The van der Waals surface area contributed by atoms with Crippen LogP contribution in [0.1, 0.15) is 30.2 Å².